The van der Waals surface area contributed by atoms with Crippen molar-refractivity contribution >= 4 is 11.7 Å². The van der Waals surface area contributed by atoms with Crippen molar-refractivity contribution < 1.29 is 10.0 Å². The predicted molar refractivity (Wildman–Crippen MR) is 62.1 cm³/mol. The van der Waals surface area contributed by atoms with Crippen LogP contribution in [0.5, 0.6) is 0 Å². The Morgan fingerprint density at radius 1 is 1.62 bits per heavy atom. The molecule has 1 rings (SSSR count). The minimum atomic E-state index is -0.513. The standard InChI is InChI=1S/C11H21N3O2/c1-3-9(10(12)14-16)11(15)13-8-5-4-7(2)6-8/h7-9,16H,3-6H2,1-2H3,(H2,12,14)(H,13,15). The lowest BCUT2D eigenvalue weighted by Crippen LogP contribution is -2.42. The average molecular weight is 227 g/mol. The molecule has 5 heteroatoms. The zero-order valence-corrected chi connectivity index (χ0v) is 9.94. The molecule has 0 aromatic carbocycles. The van der Waals surface area contributed by atoms with E-state index in [0.29, 0.717) is 12.3 Å². The number of nitrogens with zero attached hydrogens (tertiary/aromatic N) is 1. The van der Waals surface area contributed by atoms with E-state index >= 15 is 0 Å². The van der Waals surface area contributed by atoms with Gasteiger partial charge in [0.2, 0.25) is 5.91 Å². The van der Waals surface area contributed by atoms with Crippen molar-refractivity contribution in [2.45, 2.75) is 45.6 Å². The minimum absolute atomic E-state index is 0.00829. The topological polar surface area (TPSA) is 87.7 Å². The lowest BCUT2D eigenvalue weighted by atomic mass is 10.0. The highest BCUT2D eigenvalue weighted by Crippen LogP contribution is 2.24. The van der Waals surface area contributed by atoms with Gasteiger partial charge in [0.25, 0.3) is 0 Å². The van der Waals surface area contributed by atoms with Gasteiger partial charge in [0, 0.05) is 6.04 Å². The van der Waals surface area contributed by atoms with Crippen LogP contribution >= 0.6 is 0 Å². The fraction of sp³-hybridized carbons (Fsp3) is 0.818. The molecule has 3 atom stereocenters. The van der Waals surface area contributed by atoms with Crippen molar-refractivity contribution in [1.82, 2.24) is 5.32 Å². The van der Waals surface area contributed by atoms with Crippen LogP contribution in [-0.4, -0.2) is 23.0 Å². The summed E-state index contributed by atoms with van der Waals surface area (Å²) in [6.07, 6.45) is 3.76. The number of oxime groups is 1. The van der Waals surface area contributed by atoms with Crippen molar-refractivity contribution in [3.8, 4) is 0 Å². The quantitative estimate of drug-likeness (QED) is 0.290. The summed E-state index contributed by atoms with van der Waals surface area (Å²) in [6.45, 7) is 4.03. The van der Waals surface area contributed by atoms with Gasteiger partial charge in [-0.15, -0.1) is 0 Å². The van der Waals surface area contributed by atoms with Gasteiger partial charge in [-0.25, -0.2) is 0 Å². The zero-order valence-electron chi connectivity index (χ0n) is 9.94. The Morgan fingerprint density at radius 3 is 2.75 bits per heavy atom. The number of carbonyl (C=O) groups excluding carboxylic acids is 1. The number of hydrogen-bond donors (Lipinski definition) is 3. The molecule has 0 aromatic heterocycles. The largest absolute Gasteiger partial charge is 0.409 e. The first-order chi connectivity index (χ1) is 7.58. The second-order valence-corrected chi connectivity index (χ2v) is 4.61. The second kappa shape index (κ2) is 5.72. The van der Waals surface area contributed by atoms with Crippen LogP contribution in [0, 0.1) is 11.8 Å². The van der Waals surface area contributed by atoms with Crippen LogP contribution in [0.1, 0.15) is 39.5 Å². The molecule has 16 heavy (non-hydrogen) atoms. The maximum atomic E-state index is 11.9. The van der Waals surface area contributed by atoms with Gasteiger partial charge in [-0.05, 0) is 31.6 Å². The molecule has 1 aliphatic carbocycles. The van der Waals surface area contributed by atoms with Crippen LogP contribution in [0.4, 0.5) is 0 Å². The summed E-state index contributed by atoms with van der Waals surface area (Å²) in [4.78, 5) is 11.9. The van der Waals surface area contributed by atoms with Gasteiger partial charge in [-0.3, -0.25) is 4.79 Å². The van der Waals surface area contributed by atoms with E-state index in [1.165, 1.54) is 0 Å². The fourth-order valence-corrected chi connectivity index (χ4v) is 2.24. The number of amidine groups is 1. The number of amides is 1. The van der Waals surface area contributed by atoms with E-state index in [0.717, 1.165) is 19.3 Å². The Hall–Kier alpha value is -1.26. The van der Waals surface area contributed by atoms with E-state index in [9.17, 15) is 4.79 Å². The number of nitrogens with two attached hydrogens (primary N) is 1. The van der Waals surface area contributed by atoms with Gasteiger partial charge in [-0.2, -0.15) is 0 Å². The normalized spacial score (nSPS) is 27.8. The first-order valence-corrected chi connectivity index (χ1v) is 5.86. The maximum Gasteiger partial charge on any atom is 0.231 e. The van der Waals surface area contributed by atoms with E-state index in [1.807, 2.05) is 6.92 Å². The van der Waals surface area contributed by atoms with Crippen LogP contribution in [0.25, 0.3) is 0 Å². The monoisotopic (exact) mass is 227 g/mol. The van der Waals surface area contributed by atoms with E-state index in [1.54, 1.807) is 0 Å². The number of carbonyl (C=O) groups is 1. The molecule has 1 aliphatic rings. The van der Waals surface area contributed by atoms with Crippen molar-refractivity contribution in [2.75, 3.05) is 0 Å². The van der Waals surface area contributed by atoms with Crippen LogP contribution in [-0.2, 0) is 4.79 Å². The summed E-state index contributed by atoms with van der Waals surface area (Å²) in [5, 5.41) is 14.4. The first-order valence-electron chi connectivity index (χ1n) is 5.86. The molecule has 0 aliphatic heterocycles. The van der Waals surface area contributed by atoms with Gasteiger partial charge in [-0.1, -0.05) is 19.0 Å². The van der Waals surface area contributed by atoms with E-state index in [4.69, 9.17) is 10.9 Å². The summed E-state index contributed by atoms with van der Waals surface area (Å²) in [5.41, 5.74) is 5.47. The SMILES string of the molecule is CCC(C(=O)NC1CCC(C)C1)C(N)=NO. The van der Waals surface area contributed by atoms with Crippen molar-refractivity contribution in [2.24, 2.45) is 22.7 Å². The van der Waals surface area contributed by atoms with E-state index in [2.05, 4.69) is 17.4 Å². The predicted octanol–water partition coefficient (Wildman–Crippen LogP) is 1.06. The maximum absolute atomic E-state index is 11.9. The van der Waals surface area contributed by atoms with Crippen LogP contribution in [0.3, 0.4) is 0 Å². The first kappa shape index (κ1) is 12.8. The van der Waals surface area contributed by atoms with Crippen molar-refractivity contribution in [1.29, 1.82) is 0 Å². The highest BCUT2D eigenvalue weighted by atomic mass is 16.4. The van der Waals surface area contributed by atoms with Crippen LogP contribution < -0.4 is 11.1 Å². The third-order valence-corrected chi connectivity index (χ3v) is 3.24. The molecule has 0 saturated heterocycles. The third kappa shape index (κ3) is 3.12. The Kier molecular flexibility index (Phi) is 4.58. The van der Waals surface area contributed by atoms with Crippen molar-refractivity contribution in [3.05, 3.63) is 0 Å². The third-order valence-electron chi connectivity index (χ3n) is 3.24. The molecular weight excluding hydrogens is 206 g/mol. The molecule has 5 nitrogen and oxygen atoms in total. The summed E-state index contributed by atoms with van der Waals surface area (Å²) in [6, 6.07) is 0.253. The Labute approximate surface area is 96.1 Å². The van der Waals surface area contributed by atoms with Gasteiger partial charge in [0.05, 0.1) is 5.92 Å². The molecule has 3 unspecified atom stereocenters. The van der Waals surface area contributed by atoms with Crippen LogP contribution in [0.2, 0.25) is 0 Å². The number of rotatable bonds is 4. The van der Waals surface area contributed by atoms with Gasteiger partial charge < -0.3 is 16.3 Å². The Morgan fingerprint density at radius 2 is 2.31 bits per heavy atom. The zero-order chi connectivity index (χ0) is 12.1. The summed E-state index contributed by atoms with van der Waals surface area (Å²) in [7, 11) is 0. The molecular formula is C11H21N3O2. The Bertz CT molecular complexity index is 278. The average Bonchev–Trinajstić information content (AvgIpc) is 2.64. The smallest absolute Gasteiger partial charge is 0.231 e. The lowest BCUT2D eigenvalue weighted by Gasteiger charge is -2.17. The molecule has 1 amide bonds. The molecule has 0 spiro atoms. The summed E-state index contributed by atoms with van der Waals surface area (Å²) >= 11 is 0. The molecule has 0 bridgehead atoms. The fourth-order valence-electron chi connectivity index (χ4n) is 2.24. The molecule has 0 radical (unpaired) electrons. The molecule has 1 fully saturated rings. The lowest BCUT2D eigenvalue weighted by molar-refractivity contribution is -0.123. The van der Waals surface area contributed by atoms with Crippen molar-refractivity contribution in [3.63, 3.8) is 0 Å². The molecule has 0 heterocycles. The highest BCUT2D eigenvalue weighted by Gasteiger charge is 2.27. The number of nitrogens with one attached hydrogen (secondary N) is 1. The second-order valence-electron chi connectivity index (χ2n) is 4.61. The minimum Gasteiger partial charge on any atom is -0.409 e. The van der Waals surface area contributed by atoms with Gasteiger partial charge in [0.15, 0.2) is 5.84 Å². The molecule has 4 N–H and O–H groups in total. The highest BCUT2D eigenvalue weighted by molar-refractivity contribution is 6.02. The molecule has 0 aromatic rings. The Balaban J connectivity index is 2.50. The summed E-state index contributed by atoms with van der Waals surface area (Å²) < 4.78 is 0. The van der Waals surface area contributed by atoms with Gasteiger partial charge >= 0.3 is 0 Å². The van der Waals surface area contributed by atoms with E-state index < -0.39 is 5.92 Å². The molecule has 92 valence electrons. The van der Waals surface area contributed by atoms with Crippen LogP contribution in [0.15, 0.2) is 5.16 Å². The van der Waals surface area contributed by atoms with Gasteiger partial charge in [0.1, 0.15) is 0 Å². The molecule has 1 saturated carbocycles. The summed E-state index contributed by atoms with van der Waals surface area (Å²) in [5.74, 6) is 0.0260. The number of hydrogen-bond acceptors (Lipinski definition) is 3. The van der Waals surface area contributed by atoms with E-state index in [-0.39, 0.29) is 17.8 Å².